The van der Waals surface area contributed by atoms with Gasteiger partial charge in [-0.3, -0.25) is 0 Å². The van der Waals surface area contributed by atoms with E-state index in [0.29, 0.717) is 0 Å². The molecule has 0 nitrogen and oxygen atoms in total. The topological polar surface area (TPSA) is 0 Å². The predicted octanol–water partition coefficient (Wildman–Crippen LogP) is 2.46. The molecule has 0 aromatic rings. The fourth-order valence-corrected chi connectivity index (χ4v) is 0.553. The Morgan fingerprint density at radius 1 is 1.57 bits per heavy atom. The van der Waals surface area contributed by atoms with Gasteiger partial charge in [0.15, 0.2) is 0 Å². The van der Waals surface area contributed by atoms with E-state index in [2.05, 4.69) is 34.1 Å². The first-order valence-corrected chi connectivity index (χ1v) is 2.69. The molecule has 0 rings (SSSR count). The summed E-state index contributed by atoms with van der Waals surface area (Å²) >= 11 is 0. The van der Waals surface area contributed by atoms with Crippen LogP contribution in [0.25, 0.3) is 0 Å². The van der Waals surface area contributed by atoms with Gasteiger partial charge in [0, 0.05) is 0 Å². The molecule has 2 radical (unpaired) electrons. The summed E-state index contributed by atoms with van der Waals surface area (Å²) in [6.45, 7) is 10.3. The lowest BCUT2D eigenvalue weighted by Crippen LogP contribution is -2.03. The van der Waals surface area contributed by atoms with Crippen molar-refractivity contribution in [3.63, 3.8) is 0 Å². The zero-order chi connectivity index (χ0) is 5.91. The summed E-state index contributed by atoms with van der Waals surface area (Å²) in [5.74, 6) is 0. The zero-order valence-electron chi connectivity index (χ0n) is 5.49. The lowest BCUT2D eigenvalue weighted by Gasteiger charge is -2.14. The maximum atomic E-state index is 3.93. The first kappa shape index (κ1) is 7.00. The summed E-state index contributed by atoms with van der Waals surface area (Å²) < 4.78 is 0. The summed E-state index contributed by atoms with van der Waals surface area (Å²) in [6.07, 6.45) is 3.25. The molecular formula is C7H14. The van der Waals surface area contributed by atoms with E-state index in [1.807, 2.05) is 0 Å². The molecule has 0 N–H and O–H groups in total. The molecule has 0 saturated heterocycles. The second kappa shape index (κ2) is 2.34. The molecule has 0 saturated carbocycles. The highest BCUT2D eigenvalue weighted by Crippen LogP contribution is 2.18. The lowest BCUT2D eigenvalue weighted by atomic mass is 9.91. The third kappa shape index (κ3) is 6.00. The van der Waals surface area contributed by atoms with Gasteiger partial charge < -0.3 is 0 Å². The second-order valence-electron chi connectivity index (χ2n) is 2.78. The molecule has 0 amide bonds. The normalized spacial score (nSPS) is 12.0. The van der Waals surface area contributed by atoms with Crippen molar-refractivity contribution in [1.29, 1.82) is 0 Å². The van der Waals surface area contributed by atoms with Crippen LogP contribution in [0, 0.1) is 18.8 Å². The molecule has 0 atom stereocenters. The van der Waals surface area contributed by atoms with E-state index in [9.17, 15) is 0 Å². The highest BCUT2D eigenvalue weighted by Gasteiger charge is 2.06. The Labute approximate surface area is 46.9 Å². The third-order valence-corrected chi connectivity index (χ3v) is 0.757. The van der Waals surface area contributed by atoms with Gasteiger partial charge in [-0.15, -0.1) is 0 Å². The van der Waals surface area contributed by atoms with Crippen LogP contribution in [0.4, 0.5) is 0 Å². The summed E-state index contributed by atoms with van der Waals surface area (Å²) in [7, 11) is 0. The average molecular weight is 98.2 g/mol. The predicted molar refractivity (Wildman–Crippen MR) is 33.7 cm³/mol. The largest absolute Gasteiger partial charge is 0.0622 e. The molecule has 0 aromatic heterocycles. The van der Waals surface area contributed by atoms with Crippen molar-refractivity contribution in [2.45, 2.75) is 27.2 Å². The van der Waals surface area contributed by atoms with Crippen molar-refractivity contribution < 1.29 is 0 Å². The van der Waals surface area contributed by atoms with E-state index < -0.39 is 0 Å². The zero-order valence-corrected chi connectivity index (χ0v) is 5.49. The van der Waals surface area contributed by atoms with Crippen molar-refractivity contribution >= 4 is 0 Å². The van der Waals surface area contributed by atoms with E-state index in [0.717, 1.165) is 6.42 Å². The van der Waals surface area contributed by atoms with Crippen molar-refractivity contribution in [2.24, 2.45) is 5.41 Å². The molecular weight excluding hydrogens is 84.1 g/mol. The SMILES string of the molecule is [CH2]C(C)(C)C[CH]C. The molecule has 0 aliphatic carbocycles. The van der Waals surface area contributed by atoms with E-state index in [1.54, 1.807) is 0 Å². The van der Waals surface area contributed by atoms with Gasteiger partial charge >= 0.3 is 0 Å². The second-order valence-corrected chi connectivity index (χ2v) is 2.78. The van der Waals surface area contributed by atoms with Crippen molar-refractivity contribution in [3.8, 4) is 0 Å². The maximum absolute atomic E-state index is 3.93. The van der Waals surface area contributed by atoms with E-state index in [4.69, 9.17) is 0 Å². The fraction of sp³-hybridized carbons (Fsp3) is 0.714. The fourth-order valence-electron chi connectivity index (χ4n) is 0.553. The summed E-state index contributed by atoms with van der Waals surface area (Å²) in [5, 5.41) is 0. The number of hydrogen-bond acceptors (Lipinski definition) is 0. The minimum atomic E-state index is 0.245. The summed E-state index contributed by atoms with van der Waals surface area (Å²) in [4.78, 5) is 0. The molecule has 0 spiro atoms. The van der Waals surface area contributed by atoms with Crippen LogP contribution in [0.5, 0.6) is 0 Å². The van der Waals surface area contributed by atoms with Gasteiger partial charge in [-0.2, -0.15) is 0 Å². The highest BCUT2D eigenvalue weighted by atomic mass is 14.1. The summed E-state index contributed by atoms with van der Waals surface area (Å²) in [6, 6.07) is 0. The Morgan fingerprint density at radius 3 is 2.00 bits per heavy atom. The molecule has 0 heterocycles. The van der Waals surface area contributed by atoms with E-state index >= 15 is 0 Å². The van der Waals surface area contributed by atoms with Crippen molar-refractivity contribution in [2.75, 3.05) is 0 Å². The van der Waals surface area contributed by atoms with Crippen LogP contribution in [0.1, 0.15) is 27.2 Å². The Balaban J connectivity index is 3.15. The van der Waals surface area contributed by atoms with Gasteiger partial charge in [-0.05, 0) is 25.2 Å². The molecule has 7 heavy (non-hydrogen) atoms. The van der Waals surface area contributed by atoms with Crippen LogP contribution in [0.15, 0.2) is 0 Å². The van der Waals surface area contributed by atoms with Crippen LogP contribution in [0.3, 0.4) is 0 Å². The molecule has 0 heteroatoms. The van der Waals surface area contributed by atoms with Gasteiger partial charge in [0.2, 0.25) is 0 Å². The van der Waals surface area contributed by atoms with Crippen LogP contribution in [-0.2, 0) is 0 Å². The van der Waals surface area contributed by atoms with E-state index in [-0.39, 0.29) is 5.41 Å². The Kier molecular flexibility index (Phi) is 2.34. The number of rotatable bonds is 2. The first-order valence-electron chi connectivity index (χ1n) is 2.69. The van der Waals surface area contributed by atoms with Crippen LogP contribution >= 0.6 is 0 Å². The van der Waals surface area contributed by atoms with Gasteiger partial charge in [0.05, 0.1) is 0 Å². The van der Waals surface area contributed by atoms with Crippen molar-refractivity contribution in [1.82, 2.24) is 0 Å². The molecule has 0 aromatic carbocycles. The van der Waals surface area contributed by atoms with E-state index in [1.165, 1.54) is 0 Å². The van der Waals surface area contributed by atoms with Crippen LogP contribution in [0.2, 0.25) is 0 Å². The quantitative estimate of drug-likeness (QED) is 0.497. The van der Waals surface area contributed by atoms with Gasteiger partial charge in [0.1, 0.15) is 0 Å². The smallest absolute Gasteiger partial charge is 0.0351 e. The first-order chi connectivity index (χ1) is 3.06. The van der Waals surface area contributed by atoms with Crippen LogP contribution in [-0.4, -0.2) is 0 Å². The average Bonchev–Trinajstić information content (AvgIpc) is 1.30. The Morgan fingerprint density at radius 2 is 2.00 bits per heavy atom. The molecule has 0 aliphatic rings. The maximum Gasteiger partial charge on any atom is -0.0351 e. The highest BCUT2D eigenvalue weighted by molar-refractivity contribution is 4.75. The Bertz CT molecular complexity index is 38.5. The monoisotopic (exact) mass is 98.1 g/mol. The minimum absolute atomic E-state index is 0.245. The molecule has 0 unspecified atom stereocenters. The minimum Gasteiger partial charge on any atom is -0.0622 e. The number of hydrogen-bond donors (Lipinski definition) is 0. The lowest BCUT2D eigenvalue weighted by molar-refractivity contribution is 0.467. The van der Waals surface area contributed by atoms with Crippen LogP contribution < -0.4 is 0 Å². The van der Waals surface area contributed by atoms with Gasteiger partial charge in [0.25, 0.3) is 0 Å². The Hall–Kier alpha value is 0. The van der Waals surface area contributed by atoms with Crippen molar-refractivity contribution in [3.05, 3.63) is 13.3 Å². The van der Waals surface area contributed by atoms with Gasteiger partial charge in [-0.25, -0.2) is 0 Å². The molecule has 0 fully saturated rings. The summed E-state index contributed by atoms with van der Waals surface area (Å²) in [5.41, 5.74) is 0.245. The standard InChI is InChI=1S/C7H14/c1-5-6-7(2,3)4/h5H,2,6H2,1,3-4H3. The van der Waals surface area contributed by atoms with Gasteiger partial charge in [-0.1, -0.05) is 20.8 Å². The molecule has 0 bridgehead atoms. The molecule has 0 aliphatic heterocycles. The molecule has 42 valence electrons. The third-order valence-electron chi connectivity index (χ3n) is 0.757.